The highest BCUT2D eigenvalue weighted by Crippen LogP contribution is 2.64. The Balaban J connectivity index is 1.68. The highest BCUT2D eigenvalue weighted by Gasteiger charge is 2.56. The Morgan fingerprint density at radius 2 is 1.90 bits per heavy atom. The molecule has 2 saturated carbocycles. The maximum atomic E-state index is 12.1. The van der Waals surface area contributed by atoms with Gasteiger partial charge in [0.05, 0.1) is 6.10 Å². The number of allylic oxidation sites excluding steroid dienone is 4. The number of carbonyl (C=O) groups is 1. The first-order valence-corrected chi connectivity index (χ1v) is 11.7. The number of aliphatic hydroxyl groups excluding tert-OH is 1. The third-order valence-corrected chi connectivity index (χ3v) is 8.83. The predicted octanol–water partition coefficient (Wildman–Crippen LogP) is 5.32. The number of fused-ring (bicyclic) bond motifs is 4. The van der Waals surface area contributed by atoms with E-state index in [0.29, 0.717) is 30.0 Å². The van der Waals surface area contributed by atoms with Gasteiger partial charge in [0.25, 0.3) is 0 Å². The van der Waals surface area contributed by atoms with E-state index in [4.69, 9.17) is 0 Å². The number of hydrogen-bond donors (Lipinski definition) is 1. The lowest BCUT2D eigenvalue weighted by Gasteiger charge is -2.52. The van der Waals surface area contributed by atoms with Crippen molar-refractivity contribution in [1.29, 1.82) is 0 Å². The first kappa shape index (κ1) is 20.1. The SMILES string of the molecule is Cc1cc(N(C)C)ccc1C1CC2(C)C(O)CCC2C2CCC3=CC(=O)CCC3=C12. The molecule has 3 nitrogen and oxygen atoms in total. The van der Waals surface area contributed by atoms with Gasteiger partial charge in [-0.3, -0.25) is 4.79 Å². The Hall–Kier alpha value is -1.87. The summed E-state index contributed by atoms with van der Waals surface area (Å²) in [4.78, 5) is 14.3. The number of benzene rings is 1. The van der Waals surface area contributed by atoms with Crippen LogP contribution in [0.2, 0.25) is 0 Å². The molecule has 5 unspecified atom stereocenters. The summed E-state index contributed by atoms with van der Waals surface area (Å²) >= 11 is 0. The second-order valence-electron chi connectivity index (χ2n) is 10.6. The van der Waals surface area contributed by atoms with Crippen molar-refractivity contribution in [2.75, 3.05) is 19.0 Å². The van der Waals surface area contributed by atoms with Gasteiger partial charge < -0.3 is 10.0 Å². The van der Waals surface area contributed by atoms with Gasteiger partial charge in [-0.15, -0.1) is 0 Å². The van der Waals surface area contributed by atoms with Crippen LogP contribution in [0.5, 0.6) is 0 Å². The predicted molar refractivity (Wildman–Crippen MR) is 122 cm³/mol. The Labute approximate surface area is 180 Å². The molecule has 5 atom stereocenters. The molecule has 0 amide bonds. The van der Waals surface area contributed by atoms with Crippen molar-refractivity contribution in [2.45, 2.75) is 70.8 Å². The zero-order chi connectivity index (χ0) is 21.2. The van der Waals surface area contributed by atoms with E-state index in [1.807, 2.05) is 6.08 Å². The summed E-state index contributed by atoms with van der Waals surface area (Å²) < 4.78 is 0. The van der Waals surface area contributed by atoms with Crippen molar-refractivity contribution in [3.63, 3.8) is 0 Å². The Morgan fingerprint density at radius 1 is 1.10 bits per heavy atom. The van der Waals surface area contributed by atoms with E-state index in [0.717, 1.165) is 38.5 Å². The largest absolute Gasteiger partial charge is 0.393 e. The lowest BCUT2D eigenvalue weighted by molar-refractivity contribution is -0.114. The first-order valence-electron chi connectivity index (χ1n) is 11.7. The van der Waals surface area contributed by atoms with Gasteiger partial charge in [0.2, 0.25) is 0 Å². The van der Waals surface area contributed by atoms with Crippen molar-refractivity contribution in [3.05, 3.63) is 52.1 Å². The third-order valence-electron chi connectivity index (χ3n) is 8.83. The summed E-state index contributed by atoms with van der Waals surface area (Å²) in [5.74, 6) is 1.78. The molecule has 5 rings (SSSR count). The first-order chi connectivity index (χ1) is 14.3. The standard InChI is InChI=1S/C27H35NO2/c1-16-13-18(28(3)4)6-9-20(16)23-15-27(2)24(11-12-25(27)30)22-8-5-17-14-19(29)7-10-21(17)26(22)23/h6,9,13-14,22-25,30H,5,7-8,10-12,15H2,1-4H3. The van der Waals surface area contributed by atoms with Gasteiger partial charge in [-0.05, 0) is 103 Å². The number of hydrogen-bond acceptors (Lipinski definition) is 3. The van der Waals surface area contributed by atoms with Crippen LogP contribution in [-0.4, -0.2) is 31.1 Å². The molecule has 0 heterocycles. The quantitative estimate of drug-likeness (QED) is 0.724. The van der Waals surface area contributed by atoms with Crippen molar-refractivity contribution in [1.82, 2.24) is 0 Å². The molecule has 0 saturated heterocycles. The molecule has 4 aliphatic rings. The topological polar surface area (TPSA) is 40.5 Å². The van der Waals surface area contributed by atoms with E-state index < -0.39 is 0 Å². The van der Waals surface area contributed by atoms with E-state index in [1.165, 1.54) is 28.0 Å². The van der Waals surface area contributed by atoms with Crippen LogP contribution < -0.4 is 4.90 Å². The molecule has 4 aliphatic carbocycles. The van der Waals surface area contributed by atoms with Crippen molar-refractivity contribution >= 4 is 11.5 Å². The molecule has 160 valence electrons. The van der Waals surface area contributed by atoms with Gasteiger partial charge in [0, 0.05) is 32.1 Å². The van der Waals surface area contributed by atoms with Gasteiger partial charge >= 0.3 is 0 Å². The average molecular weight is 406 g/mol. The van der Waals surface area contributed by atoms with Crippen LogP contribution in [0, 0.1) is 24.2 Å². The Bertz CT molecular complexity index is 956. The summed E-state index contributed by atoms with van der Waals surface area (Å²) in [5.41, 5.74) is 8.43. The van der Waals surface area contributed by atoms with Crippen LogP contribution in [0.25, 0.3) is 0 Å². The van der Waals surface area contributed by atoms with Gasteiger partial charge in [0.1, 0.15) is 0 Å². The van der Waals surface area contributed by atoms with E-state index >= 15 is 0 Å². The number of anilines is 1. The second-order valence-corrected chi connectivity index (χ2v) is 10.6. The van der Waals surface area contributed by atoms with Crippen LogP contribution in [0.15, 0.2) is 41.0 Å². The average Bonchev–Trinajstić information content (AvgIpc) is 3.01. The Kier molecular flexibility index (Phi) is 4.74. The fourth-order valence-electron chi connectivity index (χ4n) is 7.24. The molecule has 1 aromatic rings. The van der Waals surface area contributed by atoms with E-state index in [9.17, 15) is 9.90 Å². The molecule has 0 aliphatic heterocycles. The summed E-state index contributed by atoms with van der Waals surface area (Å²) in [6.45, 7) is 4.59. The fourth-order valence-corrected chi connectivity index (χ4v) is 7.24. The minimum Gasteiger partial charge on any atom is -0.393 e. The zero-order valence-corrected chi connectivity index (χ0v) is 18.9. The molecular formula is C27H35NO2. The molecule has 2 fully saturated rings. The molecule has 0 bridgehead atoms. The van der Waals surface area contributed by atoms with Crippen molar-refractivity contribution < 1.29 is 9.90 Å². The molecule has 3 heteroatoms. The van der Waals surface area contributed by atoms with E-state index in [2.05, 4.69) is 51.0 Å². The van der Waals surface area contributed by atoms with Crippen LogP contribution >= 0.6 is 0 Å². The van der Waals surface area contributed by atoms with Gasteiger partial charge in [-0.25, -0.2) is 0 Å². The summed E-state index contributed by atoms with van der Waals surface area (Å²) in [7, 11) is 4.18. The molecular weight excluding hydrogens is 370 g/mol. The lowest BCUT2D eigenvalue weighted by Crippen LogP contribution is -2.45. The number of carbonyl (C=O) groups excluding carboxylic acids is 1. The van der Waals surface area contributed by atoms with E-state index in [-0.39, 0.29) is 11.5 Å². The van der Waals surface area contributed by atoms with Crippen molar-refractivity contribution in [3.8, 4) is 0 Å². The Morgan fingerprint density at radius 3 is 2.63 bits per heavy atom. The molecule has 1 aromatic carbocycles. The summed E-state index contributed by atoms with van der Waals surface area (Å²) in [6, 6.07) is 6.88. The minimum absolute atomic E-state index is 0.00223. The number of nitrogens with zero attached hydrogens (tertiary/aromatic N) is 1. The highest BCUT2D eigenvalue weighted by molar-refractivity contribution is 5.93. The van der Waals surface area contributed by atoms with Crippen LogP contribution in [0.4, 0.5) is 5.69 Å². The molecule has 1 N–H and O–H groups in total. The van der Waals surface area contributed by atoms with Crippen molar-refractivity contribution in [2.24, 2.45) is 17.3 Å². The minimum atomic E-state index is -0.192. The van der Waals surface area contributed by atoms with Gasteiger partial charge in [-0.2, -0.15) is 0 Å². The number of aryl methyl sites for hydroxylation is 1. The van der Waals surface area contributed by atoms with Crippen LogP contribution in [-0.2, 0) is 4.79 Å². The fraction of sp³-hybridized carbons (Fsp3) is 0.593. The number of rotatable bonds is 2. The van der Waals surface area contributed by atoms with Crippen LogP contribution in [0.3, 0.4) is 0 Å². The molecule has 0 aromatic heterocycles. The van der Waals surface area contributed by atoms with E-state index in [1.54, 1.807) is 5.57 Å². The van der Waals surface area contributed by atoms with Crippen LogP contribution in [0.1, 0.15) is 68.9 Å². The normalized spacial score (nSPS) is 35.5. The number of ketones is 1. The van der Waals surface area contributed by atoms with Gasteiger partial charge in [0.15, 0.2) is 5.78 Å². The molecule has 0 spiro atoms. The molecule has 30 heavy (non-hydrogen) atoms. The maximum Gasteiger partial charge on any atom is 0.156 e. The zero-order valence-electron chi connectivity index (χ0n) is 18.9. The number of aliphatic hydroxyl groups is 1. The third kappa shape index (κ3) is 2.92. The monoisotopic (exact) mass is 405 g/mol. The highest BCUT2D eigenvalue weighted by atomic mass is 16.3. The summed E-state index contributed by atoms with van der Waals surface area (Å²) in [5, 5.41) is 11.0. The maximum absolute atomic E-state index is 12.1. The smallest absolute Gasteiger partial charge is 0.156 e. The molecule has 0 radical (unpaired) electrons. The summed E-state index contributed by atoms with van der Waals surface area (Å²) in [6.07, 6.45) is 8.59. The lowest BCUT2D eigenvalue weighted by atomic mass is 9.53. The van der Waals surface area contributed by atoms with Gasteiger partial charge in [-0.1, -0.05) is 18.6 Å². The second kappa shape index (κ2) is 7.09.